The third-order valence-electron chi connectivity index (χ3n) is 3.14. The Labute approximate surface area is 125 Å². The molecule has 0 spiro atoms. The molecule has 1 amide bonds. The third-order valence-corrected chi connectivity index (χ3v) is 3.14. The number of nitrogens with one attached hydrogen (secondary N) is 1. The van der Waals surface area contributed by atoms with E-state index in [2.05, 4.69) is 5.32 Å². The number of hydrogen-bond acceptors (Lipinski definition) is 3. The minimum Gasteiger partial charge on any atom is -0.481 e. The summed E-state index contributed by atoms with van der Waals surface area (Å²) in [6.45, 7) is 2.51. The highest BCUT2D eigenvalue weighted by molar-refractivity contribution is 5.78. The van der Waals surface area contributed by atoms with Crippen LogP contribution in [0.4, 0.5) is 0 Å². The summed E-state index contributed by atoms with van der Waals surface area (Å²) in [5.41, 5.74) is 1.16. The zero-order valence-electron chi connectivity index (χ0n) is 12.4. The molecule has 5 nitrogen and oxygen atoms in total. The summed E-state index contributed by atoms with van der Waals surface area (Å²) in [7, 11) is 0. The van der Waals surface area contributed by atoms with Crippen molar-refractivity contribution in [3.8, 4) is 0 Å². The van der Waals surface area contributed by atoms with Crippen LogP contribution < -0.4 is 5.32 Å². The zero-order chi connectivity index (χ0) is 15.5. The van der Waals surface area contributed by atoms with Crippen LogP contribution in [0.2, 0.25) is 0 Å². The molecular formula is C16H23NO4. The van der Waals surface area contributed by atoms with E-state index in [1.165, 1.54) is 0 Å². The van der Waals surface area contributed by atoms with Crippen LogP contribution in [0.3, 0.4) is 0 Å². The normalized spacial score (nSPS) is 11.9. The number of benzene rings is 1. The summed E-state index contributed by atoms with van der Waals surface area (Å²) >= 11 is 0. The number of rotatable bonds is 10. The van der Waals surface area contributed by atoms with Crippen LogP contribution in [0.25, 0.3) is 0 Å². The molecule has 0 aromatic heterocycles. The van der Waals surface area contributed by atoms with Crippen molar-refractivity contribution in [1.82, 2.24) is 5.32 Å². The molecule has 1 aromatic rings. The lowest BCUT2D eigenvalue weighted by atomic mass is 10.0. The minimum atomic E-state index is -0.873. The summed E-state index contributed by atoms with van der Waals surface area (Å²) in [4.78, 5) is 22.5. The Morgan fingerprint density at radius 2 is 2.00 bits per heavy atom. The molecule has 21 heavy (non-hydrogen) atoms. The molecule has 1 rings (SSSR count). The van der Waals surface area contributed by atoms with Crippen LogP contribution in [0.1, 0.15) is 25.3 Å². The second-order valence-corrected chi connectivity index (χ2v) is 4.92. The van der Waals surface area contributed by atoms with E-state index in [0.717, 1.165) is 18.4 Å². The summed E-state index contributed by atoms with van der Waals surface area (Å²) in [6.07, 6.45) is 2.09. The predicted molar refractivity (Wildman–Crippen MR) is 80.0 cm³/mol. The van der Waals surface area contributed by atoms with Gasteiger partial charge in [0.05, 0.1) is 12.5 Å². The molecule has 0 heterocycles. The summed E-state index contributed by atoms with van der Waals surface area (Å²) in [5, 5.41) is 11.6. The molecule has 0 aliphatic heterocycles. The first-order valence-corrected chi connectivity index (χ1v) is 7.24. The van der Waals surface area contributed by atoms with Gasteiger partial charge in [-0.2, -0.15) is 0 Å². The topological polar surface area (TPSA) is 75.6 Å². The molecule has 0 bridgehead atoms. The standard InChI is InChI=1S/C16H23NO4/c1-2-6-14(16(19)20)11-17-15(18)12-21-10-9-13-7-4-3-5-8-13/h3-5,7-8,14H,2,6,9-12H2,1H3,(H,17,18)(H,19,20). The van der Waals surface area contributed by atoms with Crippen molar-refractivity contribution in [2.45, 2.75) is 26.2 Å². The number of amides is 1. The van der Waals surface area contributed by atoms with Gasteiger partial charge >= 0.3 is 5.97 Å². The van der Waals surface area contributed by atoms with Crippen LogP contribution in [-0.2, 0) is 20.7 Å². The average molecular weight is 293 g/mol. The highest BCUT2D eigenvalue weighted by Gasteiger charge is 2.16. The molecule has 1 unspecified atom stereocenters. The molecule has 1 aromatic carbocycles. The van der Waals surface area contributed by atoms with Gasteiger partial charge in [0.15, 0.2) is 0 Å². The van der Waals surface area contributed by atoms with Crippen molar-refractivity contribution in [3.63, 3.8) is 0 Å². The number of carboxylic acid groups (broad SMARTS) is 1. The van der Waals surface area contributed by atoms with E-state index in [4.69, 9.17) is 9.84 Å². The first kappa shape index (κ1) is 17.2. The Morgan fingerprint density at radius 1 is 1.29 bits per heavy atom. The monoisotopic (exact) mass is 293 g/mol. The Hall–Kier alpha value is -1.88. The molecule has 0 saturated heterocycles. The van der Waals surface area contributed by atoms with Crippen LogP contribution in [0.15, 0.2) is 30.3 Å². The molecule has 1 atom stereocenters. The van der Waals surface area contributed by atoms with E-state index in [0.29, 0.717) is 13.0 Å². The van der Waals surface area contributed by atoms with Crippen molar-refractivity contribution in [3.05, 3.63) is 35.9 Å². The van der Waals surface area contributed by atoms with Crippen LogP contribution >= 0.6 is 0 Å². The Kier molecular flexibility index (Phi) is 8.12. The van der Waals surface area contributed by atoms with Gasteiger partial charge in [0.1, 0.15) is 6.61 Å². The molecule has 0 radical (unpaired) electrons. The van der Waals surface area contributed by atoms with E-state index in [-0.39, 0.29) is 19.1 Å². The maximum Gasteiger partial charge on any atom is 0.308 e. The van der Waals surface area contributed by atoms with Gasteiger partial charge in [0.25, 0.3) is 0 Å². The molecular weight excluding hydrogens is 270 g/mol. The second-order valence-electron chi connectivity index (χ2n) is 4.92. The Balaban J connectivity index is 2.15. The highest BCUT2D eigenvalue weighted by Crippen LogP contribution is 2.05. The van der Waals surface area contributed by atoms with Crippen molar-refractivity contribution in [1.29, 1.82) is 0 Å². The lowest BCUT2D eigenvalue weighted by molar-refractivity contribution is -0.142. The minimum absolute atomic E-state index is 0.0364. The van der Waals surface area contributed by atoms with E-state index in [9.17, 15) is 9.59 Å². The molecule has 0 aliphatic carbocycles. The molecule has 0 fully saturated rings. The molecule has 2 N–H and O–H groups in total. The number of carbonyl (C=O) groups excluding carboxylic acids is 1. The molecule has 0 aliphatic rings. The predicted octanol–water partition coefficient (Wildman–Crippen LogP) is 1.86. The Morgan fingerprint density at radius 3 is 2.62 bits per heavy atom. The summed E-state index contributed by atoms with van der Waals surface area (Å²) in [5.74, 6) is -1.67. The molecule has 0 saturated carbocycles. The maximum absolute atomic E-state index is 11.6. The number of carboxylic acids is 1. The van der Waals surface area contributed by atoms with E-state index >= 15 is 0 Å². The van der Waals surface area contributed by atoms with Gasteiger partial charge in [0, 0.05) is 6.54 Å². The largest absolute Gasteiger partial charge is 0.481 e. The molecule has 116 valence electrons. The van der Waals surface area contributed by atoms with E-state index < -0.39 is 11.9 Å². The fourth-order valence-corrected chi connectivity index (χ4v) is 1.95. The molecule has 5 heteroatoms. The number of aliphatic carboxylic acids is 1. The fourth-order valence-electron chi connectivity index (χ4n) is 1.95. The van der Waals surface area contributed by atoms with Crippen LogP contribution in [0, 0.1) is 5.92 Å². The summed E-state index contributed by atoms with van der Waals surface area (Å²) in [6, 6.07) is 9.88. The van der Waals surface area contributed by atoms with Gasteiger partial charge in [-0.3, -0.25) is 9.59 Å². The van der Waals surface area contributed by atoms with Gasteiger partial charge in [0.2, 0.25) is 5.91 Å². The van der Waals surface area contributed by atoms with E-state index in [1.807, 2.05) is 37.3 Å². The first-order chi connectivity index (χ1) is 10.1. The van der Waals surface area contributed by atoms with Gasteiger partial charge in [-0.25, -0.2) is 0 Å². The van der Waals surface area contributed by atoms with Gasteiger partial charge < -0.3 is 15.2 Å². The zero-order valence-corrected chi connectivity index (χ0v) is 12.4. The highest BCUT2D eigenvalue weighted by atomic mass is 16.5. The fraction of sp³-hybridized carbons (Fsp3) is 0.500. The van der Waals surface area contributed by atoms with Crippen molar-refractivity contribution in [2.24, 2.45) is 5.92 Å². The van der Waals surface area contributed by atoms with Crippen LogP contribution in [-0.4, -0.2) is 36.7 Å². The third kappa shape index (κ3) is 7.46. The SMILES string of the molecule is CCCC(CNC(=O)COCCc1ccccc1)C(=O)O. The maximum atomic E-state index is 11.6. The van der Waals surface area contributed by atoms with Crippen LogP contribution in [0.5, 0.6) is 0 Å². The summed E-state index contributed by atoms with van der Waals surface area (Å²) < 4.78 is 5.29. The van der Waals surface area contributed by atoms with Crippen molar-refractivity contribution in [2.75, 3.05) is 19.8 Å². The van der Waals surface area contributed by atoms with Crippen molar-refractivity contribution >= 4 is 11.9 Å². The first-order valence-electron chi connectivity index (χ1n) is 7.24. The Bertz CT molecular complexity index is 433. The van der Waals surface area contributed by atoms with Crippen molar-refractivity contribution < 1.29 is 19.4 Å². The number of hydrogen-bond donors (Lipinski definition) is 2. The van der Waals surface area contributed by atoms with Gasteiger partial charge in [-0.15, -0.1) is 0 Å². The second kappa shape index (κ2) is 9.94. The number of ether oxygens (including phenoxy) is 1. The lowest BCUT2D eigenvalue weighted by Gasteiger charge is -2.12. The van der Waals surface area contributed by atoms with E-state index in [1.54, 1.807) is 0 Å². The quantitative estimate of drug-likeness (QED) is 0.646. The van der Waals surface area contributed by atoms with Gasteiger partial charge in [-0.05, 0) is 18.4 Å². The number of carbonyl (C=O) groups is 2. The van der Waals surface area contributed by atoms with Gasteiger partial charge in [-0.1, -0.05) is 43.7 Å². The lowest BCUT2D eigenvalue weighted by Crippen LogP contribution is -2.35. The smallest absolute Gasteiger partial charge is 0.308 e. The average Bonchev–Trinajstić information content (AvgIpc) is 2.48.